The molecule has 2 rings (SSSR count). The van der Waals surface area contributed by atoms with Gasteiger partial charge in [-0.3, -0.25) is 4.21 Å². The van der Waals surface area contributed by atoms with Gasteiger partial charge in [0.15, 0.2) is 0 Å². The molecule has 106 valence electrons. The molecule has 20 heavy (non-hydrogen) atoms. The Bertz CT molecular complexity index is 578. The second-order valence-corrected chi connectivity index (χ2v) is 6.28. The number of rotatable bonds is 5. The Morgan fingerprint density at radius 3 is 2.25 bits per heavy atom. The summed E-state index contributed by atoms with van der Waals surface area (Å²) in [5.74, 6) is 0.199. The normalized spacial score (nSPS) is 13.9. The Labute approximate surface area is 121 Å². The number of aryl methyl sites for hydroxylation is 1. The molecule has 3 nitrogen and oxygen atoms in total. The Morgan fingerprint density at radius 1 is 1.10 bits per heavy atom. The molecule has 0 fully saturated rings. The highest BCUT2D eigenvalue weighted by Crippen LogP contribution is 2.18. The van der Waals surface area contributed by atoms with Crippen molar-refractivity contribution in [2.45, 2.75) is 24.5 Å². The highest BCUT2D eigenvalue weighted by molar-refractivity contribution is 7.85. The van der Waals surface area contributed by atoms with Crippen LogP contribution in [0.15, 0.2) is 53.4 Å². The largest absolute Gasteiger partial charge is 0.387 e. The molecule has 0 spiro atoms. The van der Waals surface area contributed by atoms with E-state index in [9.17, 15) is 9.32 Å². The van der Waals surface area contributed by atoms with Crippen LogP contribution in [-0.2, 0) is 17.3 Å². The molecule has 2 aromatic carbocycles. The minimum absolute atomic E-state index is 0.199. The molecule has 0 heterocycles. The van der Waals surface area contributed by atoms with Crippen LogP contribution in [0.5, 0.6) is 0 Å². The van der Waals surface area contributed by atoms with E-state index < -0.39 is 16.9 Å². The zero-order valence-corrected chi connectivity index (χ0v) is 12.3. The fraction of sp³-hybridized carbons (Fsp3) is 0.250. The van der Waals surface area contributed by atoms with E-state index in [-0.39, 0.29) is 5.75 Å². The maximum atomic E-state index is 12.2. The Balaban J connectivity index is 2.04. The summed E-state index contributed by atoms with van der Waals surface area (Å²) in [6, 6.07) is 15.0. The van der Waals surface area contributed by atoms with Crippen LogP contribution in [0.3, 0.4) is 0 Å². The summed E-state index contributed by atoms with van der Waals surface area (Å²) < 4.78 is 12.2. The fourth-order valence-electron chi connectivity index (χ4n) is 1.90. The van der Waals surface area contributed by atoms with Crippen LogP contribution in [0.4, 0.5) is 0 Å². The van der Waals surface area contributed by atoms with Gasteiger partial charge in [0, 0.05) is 11.4 Å². The molecular weight excluding hydrogens is 270 g/mol. The zero-order chi connectivity index (χ0) is 14.5. The zero-order valence-electron chi connectivity index (χ0n) is 11.5. The third-order valence-corrected chi connectivity index (χ3v) is 4.61. The van der Waals surface area contributed by atoms with Crippen LogP contribution in [-0.4, -0.2) is 15.1 Å². The van der Waals surface area contributed by atoms with Gasteiger partial charge in [0.1, 0.15) is 0 Å². The lowest BCUT2D eigenvalue weighted by Crippen LogP contribution is -2.09. The van der Waals surface area contributed by atoms with E-state index in [1.807, 2.05) is 55.5 Å². The molecule has 0 aliphatic rings. The summed E-state index contributed by atoms with van der Waals surface area (Å²) in [6.07, 6.45) is -0.732. The van der Waals surface area contributed by atoms with E-state index in [1.54, 1.807) is 0 Å². The molecule has 0 amide bonds. The average Bonchev–Trinajstić information content (AvgIpc) is 2.48. The van der Waals surface area contributed by atoms with Gasteiger partial charge in [-0.05, 0) is 30.2 Å². The molecule has 0 saturated heterocycles. The van der Waals surface area contributed by atoms with Gasteiger partial charge in [-0.15, -0.1) is 0 Å². The number of hydrogen-bond donors (Lipinski definition) is 2. The number of aliphatic hydroxyl groups is 1. The van der Waals surface area contributed by atoms with Crippen molar-refractivity contribution in [3.05, 3.63) is 65.2 Å². The first-order valence-corrected chi connectivity index (χ1v) is 7.84. The molecule has 2 atom stereocenters. The van der Waals surface area contributed by atoms with Crippen molar-refractivity contribution in [2.75, 3.05) is 5.75 Å². The molecule has 2 aromatic rings. The van der Waals surface area contributed by atoms with Crippen molar-refractivity contribution in [1.82, 2.24) is 0 Å². The molecule has 0 aliphatic heterocycles. The number of benzene rings is 2. The van der Waals surface area contributed by atoms with Crippen LogP contribution >= 0.6 is 0 Å². The smallest absolute Gasteiger partial charge is 0.0908 e. The van der Waals surface area contributed by atoms with Gasteiger partial charge in [0.25, 0.3) is 0 Å². The van der Waals surface area contributed by atoms with Gasteiger partial charge >= 0.3 is 0 Å². The summed E-state index contributed by atoms with van der Waals surface area (Å²) >= 11 is 0. The van der Waals surface area contributed by atoms with E-state index in [0.29, 0.717) is 6.54 Å². The number of aliphatic hydroxyl groups excluding tert-OH is 1. The number of hydrogen-bond acceptors (Lipinski definition) is 3. The predicted molar refractivity (Wildman–Crippen MR) is 81.7 cm³/mol. The standard InChI is InChI=1S/C16H19NO2S/c1-12-2-8-15(9-3-12)20(19)11-16(18)14-6-4-13(10-17)5-7-14/h2-9,16,18H,10-11,17H2,1H3. The van der Waals surface area contributed by atoms with Crippen LogP contribution in [0.25, 0.3) is 0 Å². The SMILES string of the molecule is Cc1ccc(S(=O)CC(O)c2ccc(CN)cc2)cc1. The van der Waals surface area contributed by atoms with Gasteiger partial charge in [0.05, 0.1) is 22.7 Å². The molecule has 0 radical (unpaired) electrons. The van der Waals surface area contributed by atoms with Crippen LogP contribution in [0.1, 0.15) is 22.8 Å². The molecule has 0 saturated carbocycles. The summed E-state index contributed by atoms with van der Waals surface area (Å²) in [5.41, 5.74) is 8.44. The van der Waals surface area contributed by atoms with Gasteiger partial charge < -0.3 is 10.8 Å². The topological polar surface area (TPSA) is 63.3 Å². The van der Waals surface area contributed by atoms with Crippen molar-refractivity contribution >= 4 is 10.8 Å². The summed E-state index contributed by atoms with van der Waals surface area (Å²) in [5, 5.41) is 10.1. The van der Waals surface area contributed by atoms with Crippen LogP contribution < -0.4 is 5.73 Å². The molecule has 2 unspecified atom stereocenters. The maximum Gasteiger partial charge on any atom is 0.0908 e. The highest BCUT2D eigenvalue weighted by atomic mass is 32.2. The monoisotopic (exact) mass is 289 g/mol. The van der Waals surface area contributed by atoms with Gasteiger partial charge in [0.2, 0.25) is 0 Å². The van der Waals surface area contributed by atoms with E-state index in [4.69, 9.17) is 5.73 Å². The lowest BCUT2D eigenvalue weighted by Gasteiger charge is -2.11. The molecule has 4 heteroatoms. The number of nitrogens with two attached hydrogens (primary N) is 1. The quantitative estimate of drug-likeness (QED) is 0.887. The van der Waals surface area contributed by atoms with E-state index in [1.165, 1.54) is 0 Å². The van der Waals surface area contributed by atoms with Crippen molar-refractivity contribution in [2.24, 2.45) is 5.73 Å². The first kappa shape index (κ1) is 14.9. The predicted octanol–water partition coefficient (Wildman–Crippen LogP) is 2.29. The summed E-state index contributed by atoms with van der Waals surface area (Å²) in [6.45, 7) is 2.46. The third kappa shape index (κ3) is 3.76. The van der Waals surface area contributed by atoms with Crippen LogP contribution in [0.2, 0.25) is 0 Å². The molecule has 0 aliphatic carbocycles. The summed E-state index contributed by atoms with van der Waals surface area (Å²) in [4.78, 5) is 0.744. The molecule has 0 aromatic heterocycles. The van der Waals surface area contributed by atoms with Crippen molar-refractivity contribution in [3.63, 3.8) is 0 Å². The average molecular weight is 289 g/mol. The summed E-state index contributed by atoms with van der Waals surface area (Å²) in [7, 11) is -1.20. The molecular formula is C16H19NO2S. The molecule has 0 bridgehead atoms. The van der Waals surface area contributed by atoms with Gasteiger partial charge in [-0.25, -0.2) is 0 Å². The van der Waals surface area contributed by atoms with Gasteiger partial charge in [-0.1, -0.05) is 42.0 Å². The van der Waals surface area contributed by atoms with Crippen molar-refractivity contribution in [1.29, 1.82) is 0 Å². The van der Waals surface area contributed by atoms with E-state index >= 15 is 0 Å². The van der Waals surface area contributed by atoms with E-state index in [2.05, 4.69) is 0 Å². The Hall–Kier alpha value is -1.49. The van der Waals surface area contributed by atoms with Crippen molar-refractivity contribution in [3.8, 4) is 0 Å². The highest BCUT2D eigenvalue weighted by Gasteiger charge is 2.13. The second-order valence-electron chi connectivity index (χ2n) is 4.79. The lowest BCUT2D eigenvalue weighted by molar-refractivity contribution is 0.203. The van der Waals surface area contributed by atoms with E-state index in [0.717, 1.165) is 21.6 Å². The Kier molecular flexibility index (Phi) is 5.06. The Morgan fingerprint density at radius 2 is 1.70 bits per heavy atom. The fourth-order valence-corrected chi connectivity index (χ4v) is 3.01. The minimum atomic E-state index is -1.20. The molecule has 3 N–H and O–H groups in total. The first-order valence-electron chi connectivity index (χ1n) is 6.52. The van der Waals surface area contributed by atoms with Crippen molar-refractivity contribution < 1.29 is 9.32 Å². The minimum Gasteiger partial charge on any atom is -0.387 e. The van der Waals surface area contributed by atoms with Crippen LogP contribution in [0, 0.1) is 6.92 Å². The first-order chi connectivity index (χ1) is 9.60. The third-order valence-electron chi connectivity index (χ3n) is 3.19. The lowest BCUT2D eigenvalue weighted by atomic mass is 10.1. The maximum absolute atomic E-state index is 12.2. The van der Waals surface area contributed by atoms with Gasteiger partial charge in [-0.2, -0.15) is 0 Å². The second kappa shape index (κ2) is 6.79.